The second-order valence-electron chi connectivity index (χ2n) is 8.35. The molecule has 2 heteroatoms. The summed E-state index contributed by atoms with van der Waals surface area (Å²) in [5.41, 5.74) is 2.11. The minimum atomic E-state index is 0.203. The van der Waals surface area contributed by atoms with Crippen LogP contribution in [0.5, 0.6) is 0 Å². The number of fused-ring (bicyclic) bond motifs is 2. The van der Waals surface area contributed by atoms with E-state index in [1.807, 2.05) is 12.1 Å². The maximum atomic E-state index is 6.03. The lowest BCUT2D eigenvalue weighted by atomic mass is 9.69. The maximum Gasteiger partial charge on any atom is 0.0406 e. The van der Waals surface area contributed by atoms with E-state index in [9.17, 15) is 0 Å². The second kappa shape index (κ2) is 5.59. The van der Waals surface area contributed by atoms with Gasteiger partial charge in [-0.3, -0.25) is 0 Å². The van der Waals surface area contributed by atoms with Gasteiger partial charge in [-0.1, -0.05) is 30.2 Å². The maximum absolute atomic E-state index is 6.03. The van der Waals surface area contributed by atoms with E-state index in [0.29, 0.717) is 5.41 Å². The molecule has 2 aliphatic carbocycles. The second-order valence-corrected chi connectivity index (χ2v) is 8.79. The molecule has 0 aromatic heterocycles. The van der Waals surface area contributed by atoms with Crippen LogP contribution in [-0.4, -0.2) is 12.1 Å². The van der Waals surface area contributed by atoms with E-state index < -0.39 is 0 Å². The van der Waals surface area contributed by atoms with Crippen LogP contribution in [0.2, 0.25) is 5.02 Å². The van der Waals surface area contributed by atoms with Crippen LogP contribution in [0.1, 0.15) is 52.0 Å². The first kappa shape index (κ1) is 15.4. The Morgan fingerprint density at radius 3 is 2.43 bits per heavy atom. The molecule has 0 heterocycles. The van der Waals surface area contributed by atoms with Crippen LogP contribution >= 0.6 is 11.6 Å². The summed E-state index contributed by atoms with van der Waals surface area (Å²) in [7, 11) is 0. The molecule has 0 spiro atoms. The lowest BCUT2D eigenvalue weighted by Gasteiger charge is -2.40. The average molecular weight is 306 g/mol. The molecule has 1 N–H and O–H groups in total. The average Bonchev–Trinajstić information content (AvgIpc) is 2.99. The van der Waals surface area contributed by atoms with Crippen molar-refractivity contribution in [3.05, 3.63) is 34.9 Å². The molecule has 116 valence electrons. The van der Waals surface area contributed by atoms with Gasteiger partial charge in [0.1, 0.15) is 0 Å². The van der Waals surface area contributed by atoms with Crippen LogP contribution in [0.15, 0.2) is 24.3 Å². The van der Waals surface area contributed by atoms with Crippen molar-refractivity contribution in [2.45, 2.75) is 58.4 Å². The van der Waals surface area contributed by atoms with Gasteiger partial charge in [0.05, 0.1) is 0 Å². The molecule has 2 fully saturated rings. The van der Waals surface area contributed by atoms with E-state index >= 15 is 0 Å². The number of benzene rings is 1. The Morgan fingerprint density at radius 2 is 1.90 bits per heavy atom. The number of nitrogens with one attached hydrogen (secondary N) is 1. The van der Waals surface area contributed by atoms with E-state index in [-0.39, 0.29) is 5.54 Å². The van der Waals surface area contributed by atoms with Crippen LogP contribution in [0.4, 0.5) is 0 Å². The van der Waals surface area contributed by atoms with Gasteiger partial charge in [0, 0.05) is 17.1 Å². The first-order valence-corrected chi connectivity index (χ1v) is 8.74. The fourth-order valence-corrected chi connectivity index (χ4v) is 4.63. The molecule has 0 radical (unpaired) electrons. The van der Waals surface area contributed by atoms with Crippen molar-refractivity contribution in [2.75, 3.05) is 6.54 Å². The zero-order valence-electron chi connectivity index (χ0n) is 13.6. The van der Waals surface area contributed by atoms with Crippen molar-refractivity contribution >= 4 is 11.6 Å². The molecule has 1 aromatic rings. The standard InChI is InChI=1S/C19H28ClN/c1-18(2,3)21-13-19(12-15-4-7-16(19)10-15)11-14-5-8-17(20)9-6-14/h5-6,8-9,15-16,21H,4,7,10-13H2,1-3H3. The third kappa shape index (κ3) is 3.46. The summed E-state index contributed by atoms with van der Waals surface area (Å²) in [6.07, 6.45) is 6.96. The summed E-state index contributed by atoms with van der Waals surface area (Å²) in [5.74, 6) is 1.89. The Morgan fingerprint density at radius 1 is 1.19 bits per heavy atom. The van der Waals surface area contributed by atoms with Crippen molar-refractivity contribution in [3.8, 4) is 0 Å². The molecular weight excluding hydrogens is 278 g/mol. The summed E-state index contributed by atoms with van der Waals surface area (Å²) in [5, 5.41) is 4.64. The zero-order chi connectivity index (χ0) is 15.1. The largest absolute Gasteiger partial charge is 0.311 e. The topological polar surface area (TPSA) is 12.0 Å². The van der Waals surface area contributed by atoms with Crippen molar-refractivity contribution in [2.24, 2.45) is 17.3 Å². The van der Waals surface area contributed by atoms with E-state index in [4.69, 9.17) is 11.6 Å². The van der Waals surface area contributed by atoms with Gasteiger partial charge in [-0.2, -0.15) is 0 Å². The molecule has 3 rings (SSSR count). The van der Waals surface area contributed by atoms with Crippen LogP contribution in [0.25, 0.3) is 0 Å². The number of hydrogen-bond acceptors (Lipinski definition) is 1. The highest BCUT2D eigenvalue weighted by Gasteiger charge is 2.50. The third-order valence-electron chi connectivity index (χ3n) is 5.54. The first-order chi connectivity index (χ1) is 9.86. The molecule has 0 saturated heterocycles. The Bertz CT molecular complexity index is 487. The van der Waals surface area contributed by atoms with Gasteiger partial charge >= 0.3 is 0 Å². The summed E-state index contributed by atoms with van der Waals surface area (Å²) in [6, 6.07) is 8.50. The van der Waals surface area contributed by atoms with E-state index in [0.717, 1.165) is 23.4 Å². The number of halogens is 1. The minimum Gasteiger partial charge on any atom is -0.311 e. The lowest BCUT2D eigenvalue weighted by Crippen LogP contribution is -2.47. The van der Waals surface area contributed by atoms with E-state index in [1.54, 1.807) is 0 Å². The normalized spacial score (nSPS) is 31.8. The zero-order valence-corrected chi connectivity index (χ0v) is 14.3. The highest BCUT2D eigenvalue weighted by Crippen LogP contribution is 2.57. The Kier molecular flexibility index (Phi) is 4.09. The summed E-state index contributed by atoms with van der Waals surface area (Å²) in [4.78, 5) is 0. The van der Waals surface area contributed by atoms with Gasteiger partial charge in [-0.15, -0.1) is 0 Å². The number of hydrogen-bond donors (Lipinski definition) is 1. The molecule has 3 atom stereocenters. The molecule has 3 unspecified atom stereocenters. The van der Waals surface area contributed by atoms with Crippen molar-refractivity contribution in [1.82, 2.24) is 5.32 Å². The molecule has 2 aliphatic rings. The predicted molar refractivity (Wildman–Crippen MR) is 90.8 cm³/mol. The lowest BCUT2D eigenvalue weighted by molar-refractivity contribution is 0.143. The molecule has 0 aliphatic heterocycles. The molecule has 2 saturated carbocycles. The minimum absolute atomic E-state index is 0.203. The highest BCUT2D eigenvalue weighted by atomic mass is 35.5. The quantitative estimate of drug-likeness (QED) is 0.818. The van der Waals surface area contributed by atoms with Crippen molar-refractivity contribution in [1.29, 1.82) is 0 Å². The third-order valence-corrected chi connectivity index (χ3v) is 5.79. The van der Waals surface area contributed by atoms with Gasteiger partial charge < -0.3 is 5.32 Å². The predicted octanol–water partition coefficient (Wildman–Crippen LogP) is 5.08. The molecule has 21 heavy (non-hydrogen) atoms. The van der Waals surface area contributed by atoms with Crippen LogP contribution in [0.3, 0.4) is 0 Å². The fraction of sp³-hybridized carbons (Fsp3) is 0.684. The van der Waals surface area contributed by atoms with Crippen LogP contribution in [-0.2, 0) is 6.42 Å². The summed E-state index contributed by atoms with van der Waals surface area (Å²) < 4.78 is 0. The van der Waals surface area contributed by atoms with Crippen LogP contribution in [0, 0.1) is 17.3 Å². The van der Waals surface area contributed by atoms with Gasteiger partial charge in [-0.05, 0) is 81.4 Å². The summed E-state index contributed by atoms with van der Waals surface area (Å²) in [6.45, 7) is 7.98. The Hall–Kier alpha value is -0.530. The van der Waals surface area contributed by atoms with Gasteiger partial charge in [0.2, 0.25) is 0 Å². The monoisotopic (exact) mass is 305 g/mol. The molecule has 1 nitrogen and oxygen atoms in total. The van der Waals surface area contributed by atoms with Crippen molar-refractivity contribution < 1.29 is 0 Å². The van der Waals surface area contributed by atoms with Crippen molar-refractivity contribution in [3.63, 3.8) is 0 Å². The molecule has 2 bridgehead atoms. The Balaban J connectivity index is 1.78. The SMILES string of the molecule is CC(C)(C)NCC1(Cc2ccc(Cl)cc2)CC2CCC1C2. The van der Waals surface area contributed by atoms with Gasteiger partial charge in [-0.25, -0.2) is 0 Å². The van der Waals surface area contributed by atoms with E-state index in [2.05, 4.69) is 38.2 Å². The van der Waals surface area contributed by atoms with Crippen LogP contribution < -0.4 is 5.32 Å². The fourth-order valence-electron chi connectivity index (χ4n) is 4.50. The van der Waals surface area contributed by atoms with Gasteiger partial charge in [0.25, 0.3) is 0 Å². The Labute approximate surface area is 134 Å². The smallest absolute Gasteiger partial charge is 0.0406 e. The molecule has 1 aromatic carbocycles. The first-order valence-electron chi connectivity index (χ1n) is 8.36. The van der Waals surface area contributed by atoms with E-state index in [1.165, 1.54) is 37.7 Å². The molecule has 0 amide bonds. The highest BCUT2D eigenvalue weighted by molar-refractivity contribution is 6.30. The van der Waals surface area contributed by atoms with Gasteiger partial charge in [0.15, 0.2) is 0 Å². The molecular formula is C19H28ClN. The number of rotatable bonds is 4. The summed E-state index contributed by atoms with van der Waals surface area (Å²) >= 11 is 6.03.